The number of carbonyl (C=O) groups is 2. The van der Waals surface area contributed by atoms with Crippen molar-refractivity contribution in [3.05, 3.63) is 47.3 Å². The molecule has 6 nitrogen and oxygen atoms in total. The first-order valence-electron chi connectivity index (χ1n) is 7.52. The van der Waals surface area contributed by atoms with Gasteiger partial charge in [-0.3, -0.25) is 9.59 Å². The second-order valence-corrected chi connectivity index (χ2v) is 7.17. The number of anilines is 1. The monoisotopic (exact) mass is 372 g/mol. The van der Waals surface area contributed by atoms with Crippen LogP contribution in [0.1, 0.15) is 17.3 Å². The van der Waals surface area contributed by atoms with Crippen molar-refractivity contribution in [1.82, 2.24) is 14.8 Å². The Bertz CT molecular complexity index is 903. The Labute approximate surface area is 153 Å². The van der Waals surface area contributed by atoms with Crippen LogP contribution in [-0.2, 0) is 11.8 Å². The number of rotatable bonds is 6. The van der Waals surface area contributed by atoms with E-state index in [2.05, 4.69) is 15.5 Å². The fourth-order valence-electron chi connectivity index (χ4n) is 2.28. The van der Waals surface area contributed by atoms with Crippen molar-refractivity contribution in [1.29, 1.82) is 0 Å². The highest BCUT2D eigenvalue weighted by Crippen LogP contribution is 2.26. The fraction of sp³-hybridized carbons (Fsp3) is 0.176. The molecule has 128 valence electrons. The number of thiophene rings is 1. The lowest BCUT2D eigenvalue weighted by molar-refractivity contribution is -0.113. The van der Waals surface area contributed by atoms with Crippen molar-refractivity contribution < 1.29 is 9.59 Å². The summed E-state index contributed by atoms with van der Waals surface area (Å²) in [5.74, 6) is 0.680. The van der Waals surface area contributed by atoms with Crippen LogP contribution in [0.25, 0.3) is 10.7 Å². The molecule has 0 aliphatic carbocycles. The van der Waals surface area contributed by atoms with Crippen LogP contribution in [0.5, 0.6) is 0 Å². The molecule has 0 fully saturated rings. The van der Waals surface area contributed by atoms with Crippen molar-refractivity contribution in [2.45, 2.75) is 12.1 Å². The Hall–Kier alpha value is -2.45. The third kappa shape index (κ3) is 3.97. The van der Waals surface area contributed by atoms with Gasteiger partial charge in [0.25, 0.3) is 0 Å². The highest BCUT2D eigenvalue weighted by atomic mass is 32.2. The van der Waals surface area contributed by atoms with E-state index in [1.807, 2.05) is 29.1 Å². The number of hydrogen-bond acceptors (Lipinski definition) is 6. The van der Waals surface area contributed by atoms with Gasteiger partial charge in [-0.25, -0.2) is 0 Å². The van der Waals surface area contributed by atoms with Crippen LogP contribution < -0.4 is 5.32 Å². The van der Waals surface area contributed by atoms with E-state index in [0.717, 1.165) is 10.7 Å². The number of para-hydroxylation sites is 1. The maximum atomic E-state index is 12.2. The quantitative estimate of drug-likeness (QED) is 0.529. The number of hydrogen-bond donors (Lipinski definition) is 1. The molecule has 1 N–H and O–H groups in total. The van der Waals surface area contributed by atoms with Gasteiger partial charge in [0.05, 0.1) is 16.3 Å². The number of amides is 1. The average Bonchev–Trinajstić information content (AvgIpc) is 3.23. The molecule has 3 rings (SSSR count). The summed E-state index contributed by atoms with van der Waals surface area (Å²) in [5.41, 5.74) is 1.03. The fourth-order valence-corrected chi connectivity index (χ4v) is 3.73. The van der Waals surface area contributed by atoms with Gasteiger partial charge in [-0.05, 0) is 30.5 Å². The Balaban J connectivity index is 1.65. The minimum Gasteiger partial charge on any atom is -0.325 e. The van der Waals surface area contributed by atoms with Gasteiger partial charge < -0.3 is 9.88 Å². The lowest BCUT2D eigenvalue weighted by Crippen LogP contribution is -2.16. The van der Waals surface area contributed by atoms with Crippen molar-refractivity contribution in [2.75, 3.05) is 11.1 Å². The van der Waals surface area contributed by atoms with Gasteiger partial charge in [0.15, 0.2) is 16.8 Å². The van der Waals surface area contributed by atoms with E-state index in [0.29, 0.717) is 16.4 Å². The maximum absolute atomic E-state index is 12.2. The average molecular weight is 372 g/mol. The number of nitrogens with zero attached hydrogens (tertiary/aromatic N) is 3. The van der Waals surface area contributed by atoms with Gasteiger partial charge in [-0.15, -0.1) is 21.5 Å². The van der Waals surface area contributed by atoms with Crippen LogP contribution in [0.3, 0.4) is 0 Å². The Morgan fingerprint density at radius 3 is 2.72 bits per heavy atom. The summed E-state index contributed by atoms with van der Waals surface area (Å²) in [5, 5.41) is 13.8. The molecular formula is C17H16N4O2S2. The lowest BCUT2D eigenvalue weighted by Gasteiger charge is -2.08. The van der Waals surface area contributed by atoms with Gasteiger partial charge in [-0.1, -0.05) is 30.0 Å². The summed E-state index contributed by atoms with van der Waals surface area (Å²) in [6.07, 6.45) is 0. The predicted molar refractivity (Wildman–Crippen MR) is 100 cm³/mol. The van der Waals surface area contributed by atoms with Gasteiger partial charge in [-0.2, -0.15) is 0 Å². The van der Waals surface area contributed by atoms with Gasteiger partial charge in [0, 0.05) is 12.6 Å². The summed E-state index contributed by atoms with van der Waals surface area (Å²) in [6, 6.07) is 10.9. The molecule has 0 saturated heterocycles. The number of thioether (sulfide) groups is 1. The van der Waals surface area contributed by atoms with Gasteiger partial charge in [0.2, 0.25) is 5.91 Å². The molecule has 1 amide bonds. The van der Waals surface area contributed by atoms with E-state index in [4.69, 9.17) is 0 Å². The summed E-state index contributed by atoms with van der Waals surface area (Å²) in [7, 11) is 1.88. The zero-order valence-corrected chi connectivity index (χ0v) is 15.4. The zero-order valence-electron chi connectivity index (χ0n) is 13.7. The number of carbonyl (C=O) groups excluding carboxylic acids is 2. The van der Waals surface area contributed by atoms with Gasteiger partial charge in [0.1, 0.15) is 0 Å². The molecule has 0 spiro atoms. The number of benzene rings is 1. The molecule has 2 heterocycles. The number of nitrogens with one attached hydrogen (secondary N) is 1. The van der Waals surface area contributed by atoms with Crippen molar-refractivity contribution in [2.24, 2.45) is 7.05 Å². The minimum absolute atomic E-state index is 0.0857. The zero-order chi connectivity index (χ0) is 17.8. The van der Waals surface area contributed by atoms with E-state index in [9.17, 15) is 9.59 Å². The van der Waals surface area contributed by atoms with Crippen LogP contribution in [0, 0.1) is 0 Å². The molecule has 25 heavy (non-hydrogen) atoms. The minimum atomic E-state index is -0.195. The third-order valence-corrected chi connectivity index (χ3v) is 5.38. The van der Waals surface area contributed by atoms with E-state index in [1.165, 1.54) is 18.7 Å². The number of aromatic nitrogens is 3. The normalized spacial score (nSPS) is 10.6. The molecule has 1 aromatic carbocycles. The molecule has 0 aliphatic heterocycles. The Morgan fingerprint density at radius 1 is 1.20 bits per heavy atom. The van der Waals surface area contributed by atoms with Crippen molar-refractivity contribution in [3.63, 3.8) is 0 Å². The third-order valence-electron chi connectivity index (χ3n) is 3.49. The summed E-state index contributed by atoms with van der Waals surface area (Å²) >= 11 is 2.89. The SMILES string of the molecule is CC(=O)c1ccccc1NC(=O)CSc1nnc(-c2cccs2)n1C. The second kappa shape index (κ2) is 7.62. The summed E-state index contributed by atoms with van der Waals surface area (Å²) in [4.78, 5) is 24.8. The molecule has 0 atom stereocenters. The van der Waals surface area contributed by atoms with E-state index >= 15 is 0 Å². The topological polar surface area (TPSA) is 76.9 Å². The van der Waals surface area contributed by atoms with Crippen molar-refractivity contribution >= 4 is 40.5 Å². The Morgan fingerprint density at radius 2 is 2.00 bits per heavy atom. The molecule has 0 radical (unpaired) electrons. The Kier molecular flexibility index (Phi) is 5.30. The highest BCUT2D eigenvalue weighted by molar-refractivity contribution is 7.99. The van der Waals surface area contributed by atoms with Crippen molar-refractivity contribution in [3.8, 4) is 10.7 Å². The second-order valence-electron chi connectivity index (χ2n) is 5.28. The van der Waals surface area contributed by atoms with Crippen LogP contribution in [0.2, 0.25) is 0 Å². The van der Waals surface area contributed by atoms with Crippen LogP contribution >= 0.6 is 23.1 Å². The standard InChI is InChI=1S/C17H16N4O2S2/c1-11(22)12-6-3-4-7-13(12)18-15(23)10-25-17-20-19-16(21(17)2)14-8-5-9-24-14/h3-9H,10H2,1-2H3,(H,18,23). The molecule has 0 bridgehead atoms. The smallest absolute Gasteiger partial charge is 0.234 e. The number of Topliss-reactive ketones (excluding diaryl/α,β-unsaturated/α-hetero) is 1. The van der Waals surface area contributed by atoms with Crippen LogP contribution in [0.4, 0.5) is 5.69 Å². The van der Waals surface area contributed by atoms with Gasteiger partial charge >= 0.3 is 0 Å². The molecule has 0 saturated carbocycles. The predicted octanol–water partition coefficient (Wildman–Crippen LogP) is 3.48. The molecule has 3 aromatic rings. The first-order chi connectivity index (χ1) is 12.1. The van der Waals surface area contributed by atoms with E-state index in [1.54, 1.807) is 35.6 Å². The summed E-state index contributed by atoms with van der Waals surface area (Å²) < 4.78 is 1.87. The molecule has 0 aliphatic rings. The molecule has 2 aromatic heterocycles. The van der Waals surface area contributed by atoms with Crippen LogP contribution in [0.15, 0.2) is 46.9 Å². The largest absolute Gasteiger partial charge is 0.325 e. The molecule has 0 unspecified atom stereocenters. The first kappa shape index (κ1) is 17.4. The van der Waals surface area contributed by atoms with Crippen LogP contribution in [-0.4, -0.2) is 32.2 Å². The maximum Gasteiger partial charge on any atom is 0.234 e. The first-order valence-corrected chi connectivity index (χ1v) is 9.38. The summed E-state index contributed by atoms with van der Waals surface area (Å²) in [6.45, 7) is 1.48. The van der Waals surface area contributed by atoms with E-state index < -0.39 is 0 Å². The molecular weight excluding hydrogens is 356 g/mol. The molecule has 8 heteroatoms. The highest BCUT2D eigenvalue weighted by Gasteiger charge is 2.14. The number of ketones is 1. The lowest BCUT2D eigenvalue weighted by atomic mass is 10.1. The van der Waals surface area contributed by atoms with E-state index in [-0.39, 0.29) is 17.4 Å².